The summed E-state index contributed by atoms with van der Waals surface area (Å²) in [6.45, 7) is 0.565. The number of hydrogen-bond donors (Lipinski definition) is 3. The quantitative estimate of drug-likeness (QED) is 0.444. The summed E-state index contributed by atoms with van der Waals surface area (Å²) in [5.41, 5.74) is 2.24. The molecular formula is C24H23F3N2O3. The van der Waals surface area contributed by atoms with Gasteiger partial charge < -0.3 is 20.3 Å². The molecule has 1 aliphatic rings. The van der Waals surface area contributed by atoms with Crippen LogP contribution in [0, 0.1) is 0 Å². The maximum Gasteiger partial charge on any atom is 0.419 e. The molecule has 1 aromatic heterocycles. The van der Waals surface area contributed by atoms with E-state index in [1.807, 2.05) is 12.1 Å². The Kier molecular flexibility index (Phi) is 6.34. The number of benzene rings is 2. The van der Waals surface area contributed by atoms with Gasteiger partial charge in [-0.25, -0.2) is 0 Å². The first-order chi connectivity index (χ1) is 15.3. The minimum atomic E-state index is -4.49. The number of rotatable bonds is 6. The van der Waals surface area contributed by atoms with E-state index in [1.54, 1.807) is 18.3 Å². The number of fused-ring (bicyclic) bond motifs is 1. The van der Waals surface area contributed by atoms with E-state index in [1.165, 1.54) is 24.4 Å². The SMILES string of the molecule is OC(O)c1ccncc1NCC1CCCc2cc(Oc3ccccc3C(F)(F)F)ccc21. The van der Waals surface area contributed by atoms with Gasteiger partial charge in [-0.3, -0.25) is 4.98 Å². The monoisotopic (exact) mass is 444 g/mol. The molecule has 0 saturated heterocycles. The molecule has 0 spiro atoms. The van der Waals surface area contributed by atoms with Crippen LogP contribution in [0.4, 0.5) is 18.9 Å². The van der Waals surface area contributed by atoms with Gasteiger partial charge in [-0.2, -0.15) is 13.2 Å². The number of halogens is 3. The smallest absolute Gasteiger partial charge is 0.419 e. The fraction of sp³-hybridized carbons (Fsp3) is 0.292. The number of aliphatic hydroxyl groups excluding tert-OH is 1. The van der Waals surface area contributed by atoms with Crippen LogP contribution >= 0.6 is 0 Å². The van der Waals surface area contributed by atoms with E-state index < -0.39 is 18.0 Å². The largest absolute Gasteiger partial charge is 0.457 e. The average Bonchev–Trinajstić information content (AvgIpc) is 2.77. The lowest BCUT2D eigenvalue weighted by atomic mass is 9.82. The highest BCUT2D eigenvalue weighted by Gasteiger charge is 2.34. The van der Waals surface area contributed by atoms with Gasteiger partial charge in [0.2, 0.25) is 0 Å². The standard InChI is InChI=1S/C24H23F3N2O3/c25-24(26,27)20-6-1-2-7-22(20)32-17-8-9-18-15(12-17)4-3-5-16(18)13-29-21-14-28-11-10-19(21)23(30)31/h1-2,6-12,14,16,23,29-31H,3-5,13H2. The number of hydrogen-bond acceptors (Lipinski definition) is 5. The van der Waals surface area contributed by atoms with Crippen LogP contribution in [0.3, 0.4) is 0 Å². The first-order valence-electron chi connectivity index (χ1n) is 10.3. The highest BCUT2D eigenvalue weighted by atomic mass is 19.4. The second-order valence-electron chi connectivity index (χ2n) is 7.76. The molecule has 5 nitrogen and oxygen atoms in total. The van der Waals surface area contributed by atoms with Crippen molar-refractivity contribution in [1.29, 1.82) is 0 Å². The number of ether oxygens (including phenoxy) is 1. The van der Waals surface area contributed by atoms with Crippen LogP contribution in [-0.2, 0) is 12.6 Å². The van der Waals surface area contributed by atoms with Crippen molar-refractivity contribution in [3.8, 4) is 11.5 Å². The molecule has 0 aliphatic heterocycles. The Labute approximate surface area is 183 Å². The molecule has 2 aromatic carbocycles. The zero-order valence-electron chi connectivity index (χ0n) is 17.1. The number of alkyl halides is 3. The number of aliphatic hydroxyl groups is 2. The molecule has 3 N–H and O–H groups in total. The summed E-state index contributed by atoms with van der Waals surface area (Å²) in [4.78, 5) is 4.03. The predicted octanol–water partition coefficient (Wildman–Crippen LogP) is 5.41. The molecule has 0 saturated carbocycles. The lowest BCUT2D eigenvalue weighted by Crippen LogP contribution is -2.19. The molecule has 0 amide bonds. The molecular weight excluding hydrogens is 421 g/mol. The van der Waals surface area contributed by atoms with Gasteiger partial charge >= 0.3 is 6.18 Å². The van der Waals surface area contributed by atoms with Crippen LogP contribution in [-0.4, -0.2) is 21.7 Å². The Bertz CT molecular complexity index is 1090. The first-order valence-corrected chi connectivity index (χ1v) is 10.3. The third-order valence-corrected chi connectivity index (χ3v) is 5.65. The van der Waals surface area contributed by atoms with Crippen molar-refractivity contribution in [2.24, 2.45) is 0 Å². The van der Waals surface area contributed by atoms with Gasteiger partial charge in [0.1, 0.15) is 11.5 Å². The van der Waals surface area contributed by atoms with Crippen LogP contribution in [0.1, 0.15) is 47.3 Å². The number of aryl methyl sites for hydroxylation is 1. The van der Waals surface area contributed by atoms with Crippen LogP contribution in [0.25, 0.3) is 0 Å². The van der Waals surface area contributed by atoms with Gasteiger partial charge in [0.15, 0.2) is 6.29 Å². The van der Waals surface area contributed by atoms with Crippen molar-refractivity contribution in [2.75, 3.05) is 11.9 Å². The van der Waals surface area contributed by atoms with Crippen molar-refractivity contribution in [1.82, 2.24) is 4.98 Å². The molecule has 3 aromatic rings. The van der Waals surface area contributed by atoms with Crippen LogP contribution in [0.2, 0.25) is 0 Å². The van der Waals surface area contributed by atoms with Gasteiger partial charge in [-0.05, 0) is 60.7 Å². The van der Waals surface area contributed by atoms with E-state index in [0.717, 1.165) is 36.5 Å². The Morgan fingerprint density at radius 3 is 2.72 bits per heavy atom. The molecule has 1 aliphatic carbocycles. The zero-order valence-corrected chi connectivity index (χ0v) is 17.1. The minimum Gasteiger partial charge on any atom is -0.457 e. The van der Waals surface area contributed by atoms with Crippen molar-refractivity contribution in [3.63, 3.8) is 0 Å². The molecule has 1 unspecified atom stereocenters. The minimum absolute atomic E-state index is 0.166. The number of nitrogens with one attached hydrogen (secondary N) is 1. The summed E-state index contributed by atoms with van der Waals surface area (Å²) in [5, 5.41) is 22.3. The fourth-order valence-electron chi connectivity index (χ4n) is 4.09. The van der Waals surface area contributed by atoms with E-state index in [2.05, 4.69) is 10.3 Å². The lowest BCUT2D eigenvalue weighted by molar-refractivity contribution is -0.138. The molecule has 0 fully saturated rings. The number of para-hydroxylation sites is 1. The van der Waals surface area contributed by atoms with E-state index >= 15 is 0 Å². The van der Waals surface area contributed by atoms with Crippen LogP contribution in [0.5, 0.6) is 11.5 Å². The molecule has 32 heavy (non-hydrogen) atoms. The summed E-state index contributed by atoms with van der Waals surface area (Å²) in [6.07, 6.45) is -0.356. The second kappa shape index (κ2) is 9.18. The normalized spacial score (nSPS) is 16.0. The Balaban J connectivity index is 1.52. The Hall–Kier alpha value is -3.10. The molecule has 0 radical (unpaired) electrons. The van der Waals surface area contributed by atoms with Gasteiger partial charge in [-0.15, -0.1) is 0 Å². The number of nitrogens with zero attached hydrogens (tertiary/aromatic N) is 1. The topological polar surface area (TPSA) is 74.6 Å². The van der Waals surface area contributed by atoms with Gasteiger partial charge in [0, 0.05) is 24.2 Å². The molecule has 168 valence electrons. The van der Waals surface area contributed by atoms with Crippen molar-refractivity contribution in [2.45, 2.75) is 37.6 Å². The fourth-order valence-corrected chi connectivity index (χ4v) is 4.09. The van der Waals surface area contributed by atoms with E-state index in [-0.39, 0.29) is 11.7 Å². The molecule has 1 heterocycles. The van der Waals surface area contributed by atoms with Crippen LogP contribution < -0.4 is 10.1 Å². The highest BCUT2D eigenvalue weighted by molar-refractivity contribution is 5.50. The van der Waals surface area contributed by atoms with Crippen molar-refractivity contribution < 1.29 is 28.1 Å². The molecule has 4 rings (SSSR count). The third-order valence-electron chi connectivity index (χ3n) is 5.65. The lowest BCUT2D eigenvalue weighted by Gasteiger charge is -2.27. The maximum absolute atomic E-state index is 13.3. The van der Waals surface area contributed by atoms with E-state index in [9.17, 15) is 23.4 Å². The maximum atomic E-state index is 13.3. The van der Waals surface area contributed by atoms with Crippen LogP contribution in [0.15, 0.2) is 60.9 Å². The summed E-state index contributed by atoms with van der Waals surface area (Å²) in [5.74, 6) is 0.312. The number of anilines is 1. The highest BCUT2D eigenvalue weighted by Crippen LogP contribution is 2.39. The predicted molar refractivity (Wildman–Crippen MR) is 114 cm³/mol. The van der Waals surface area contributed by atoms with Crippen molar-refractivity contribution in [3.05, 3.63) is 83.2 Å². The zero-order chi connectivity index (χ0) is 22.7. The third kappa shape index (κ3) is 4.87. The summed E-state index contributed by atoms with van der Waals surface area (Å²) < 4.78 is 45.4. The molecule has 1 atom stereocenters. The summed E-state index contributed by atoms with van der Waals surface area (Å²) in [7, 11) is 0. The number of aromatic nitrogens is 1. The molecule has 0 bridgehead atoms. The van der Waals surface area contributed by atoms with Gasteiger partial charge in [-0.1, -0.05) is 18.2 Å². The Morgan fingerprint density at radius 2 is 1.94 bits per heavy atom. The molecule has 8 heteroatoms. The number of pyridine rings is 1. The van der Waals surface area contributed by atoms with E-state index in [4.69, 9.17) is 4.74 Å². The van der Waals surface area contributed by atoms with Gasteiger partial charge in [0.05, 0.1) is 17.4 Å². The van der Waals surface area contributed by atoms with Crippen molar-refractivity contribution >= 4 is 5.69 Å². The van der Waals surface area contributed by atoms with Gasteiger partial charge in [0.25, 0.3) is 0 Å². The average molecular weight is 444 g/mol. The first kappa shape index (κ1) is 22.1. The summed E-state index contributed by atoms with van der Waals surface area (Å²) >= 11 is 0. The summed E-state index contributed by atoms with van der Waals surface area (Å²) in [6, 6.07) is 12.1. The second-order valence-corrected chi connectivity index (χ2v) is 7.76. The van der Waals surface area contributed by atoms with E-state index in [0.29, 0.717) is 23.5 Å². The Morgan fingerprint density at radius 1 is 1.12 bits per heavy atom.